The lowest BCUT2D eigenvalue weighted by Crippen LogP contribution is -2.37. The normalized spacial score (nSPS) is 15.3. The highest BCUT2D eigenvalue weighted by Gasteiger charge is 2.25. The van der Waals surface area contributed by atoms with Crippen molar-refractivity contribution in [2.24, 2.45) is 0 Å². The van der Waals surface area contributed by atoms with Crippen LogP contribution in [0.25, 0.3) is 11.8 Å². The maximum Gasteiger partial charge on any atom is 0.331 e. The minimum atomic E-state index is -0.769. The second-order valence-corrected chi connectivity index (χ2v) is 6.78. The van der Waals surface area contributed by atoms with E-state index in [1.807, 2.05) is 48.9 Å². The summed E-state index contributed by atoms with van der Waals surface area (Å²) in [7, 11) is 0. The highest BCUT2D eigenvalue weighted by molar-refractivity contribution is 5.90. The van der Waals surface area contributed by atoms with Gasteiger partial charge in [-0.1, -0.05) is 18.2 Å². The molecule has 1 fully saturated rings. The molecule has 2 aromatic rings. The molecule has 1 amide bonds. The number of carbonyl (C=O) groups is 2. The summed E-state index contributed by atoms with van der Waals surface area (Å²) in [5.74, 6) is -0.653. The molecule has 1 saturated heterocycles. The molecular weight excluding hydrogens is 342 g/mol. The largest absolute Gasteiger partial charge is 0.449 e. The van der Waals surface area contributed by atoms with Gasteiger partial charge < -0.3 is 9.64 Å². The molecule has 0 bridgehead atoms. The van der Waals surface area contributed by atoms with Crippen LogP contribution in [0.4, 0.5) is 0 Å². The molecule has 1 aliphatic heterocycles. The number of likely N-dealkylation sites (tertiary alicyclic amines) is 1. The van der Waals surface area contributed by atoms with Crippen LogP contribution in [0.3, 0.4) is 0 Å². The third-order valence-corrected chi connectivity index (χ3v) is 4.79. The fraction of sp³-hybridized carbons (Fsp3) is 0.381. The minimum Gasteiger partial charge on any atom is -0.449 e. The number of hydrogen-bond acceptors (Lipinski definition) is 4. The average Bonchev–Trinajstić information content (AvgIpc) is 3.29. The number of hydrogen-bond donors (Lipinski definition) is 0. The molecule has 0 N–H and O–H groups in total. The molecule has 1 aromatic carbocycles. The summed E-state index contributed by atoms with van der Waals surface area (Å²) < 4.78 is 7.12. The second-order valence-electron chi connectivity index (χ2n) is 6.78. The van der Waals surface area contributed by atoms with E-state index in [0.717, 1.165) is 48.6 Å². The lowest BCUT2D eigenvalue weighted by atomic mass is 10.2. The van der Waals surface area contributed by atoms with Gasteiger partial charge in [-0.3, -0.25) is 4.79 Å². The van der Waals surface area contributed by atoms with Crippen LogP contribution in [0.1, 0.15) is 36.7 Å². The summed E-state index contributed by atoms with van der Waals surface area (Å²) in [5.41, 5.74) is 3.59. The maximum atomic E-state index is 12.2. The van der Waals surface area contributed by atoms with E-state index in [9.17, 15) is 9.59 Å². The molecule has 0 spiro atoms. The summed E-state index contributed by atoms with van der Waals surface area (Å²) in [6, 6.07) is 9.82. The van der Waals surface area contributed by atoms with Gasteiger partial charge >= 0.3 is 5.97 Å². The summed E-state index contributed by atoms with van der Waals surface area (Å²) in [4.78, 5) is 26.1. The van der Waals surface area contributed by atoms with E-state index in [1.54, 1.807) is 17.9 Å². The van der Waals surface area contributed by atoms with Crippen LogP contribution in [0.5, 0.6) is 0 Å². The third kappa shape index (κ3) is 4.27. The lowest BCUT2D eigenvalue weighted by Gasteiger charge is -2.19. The van der Waals surface area contributed by atoms with Gasteiger partial charge in [0.15, 0.2) is 6.10 Å². The van der Waals surface area contributed by atoms with Gasteiger partial charge in [0, 0.05) is 30.4 Å². The van der Waals surface area contributed by atoms with Crippen molar-refractivity contribution in [3.63, 3.8) is 0 Å². The first-order chi connectivity index (χ1) is 13.0. The molecular formula is C21H25N3O3. The molecule has 1 atom stereocenters. The highest BCUT2D eigenvalue weighted by Crippen LogP contribution is 2.19. The van der Waals surface area contributed by atoms with Crippen molar-refractivity contribution >= 4 is 18.0 Å². The topological polar surface area (TPSA) is 64.4 Å². The van der Waals surface area contributed by atoms with Crippen molar-refractivity contribution in [2.75, 3.05) is 13.1 Å². The van der Waals surface area contributed by atoms with E-state index in [2.05, 4.69) is 5.10 Å². The maximum absolute atomic E-state index is 12.2. The molecule has 1 aromatic heterocycles. The van der Waals surface area contributed by atoms with Gasteiger partial charge in [-0.2, -0.15) is 5.10 Å². The van der Waals surface area contributed by atoms with E-state index in [-0.39, 0.29) is 5.91 Å². The van der Waals surface area contributed by atoms with Crippen molar-refractivity contribution in [1.29, 1.82) is 0 Å². The van der Waals surface area contributed by atoms with Crippen molar-refractivity contribution < 1.29 is 14.3 Å². The highest BCUT2D eigenvalue weighted by atomic mass is 16.5. The molecule has 142 valence electrons. The number of aromatic nitrogens is 2. The Hall–Kier alpha value is -2.89. The first-order valence-corrected chi connectivity index (χ1v) is 9.26. The molecule has 0 aliphatic carbocycles. The minimum absolute atomic E-state index is 0.126. The molecule has 0 saturated carbocycles. The fourth-order valence-corrected chi connectivity index (χ4v) is 3.33. The zero-order chi connectivity index (χ0) is 19.4. The Bertz CT molecular complexity index is 849. The summed E-state index contributed by atoms with van der Waals surface area (Å²) in [6.07, 6.45) is 4.31. The number of ether oxygens (including phenoxy) is 1. The summed E-state index contributed by atoms with van der Waals surface area (Å²) >= 11 is 0. The van der Waals surface area contributed by atoms with E-state index >= 15 is 0 Å². The van der Waals surface area contributed by atoms with Gasteiger partial charge in [-0.05, 0) is 51.8 Å². The van der Waals surface area contributed by atoms with Gasteiger partial charge in [0.05, 0.1) is 11.4 Å². The van der Waals surface area contributed by atoms with Gasteiger partial charge in [0.1, 0.15) is 0 Å². The van der Waals surface area contributed by atoms with Crippen LogP contribution in [-0.4, -0.2) is 45.8 Å². The Morgan fingerprint density at radius 1 is 1.15 bits per heavy atom. The number of aryl methyl sites for hydroxylation is 1. The van der Waals surface area contributed by atoms with E-state index in [1.165, 1.54) is 6.08 Å². The molecule has 1 aliphatic rings. The Morgan fingerprint density at radius 2 is 1.81 bits per heavy atom. The van der Waals surface area contributed by atoms with Crippen LogP contribution in [0, 0.1) is 13.8 Å². The van der Waals surface area contributed by atoms with Crippen LogP contribution < -0.4 is 0 Å². The van der Waals surface area contributed by atoms with Crippen molar-refractivity contribution in [3.05, 3.63) is 53.4 Å². The van der Waals surface area contributed by atoms with Crippen molar-refractivity contribution in [3.8, 4) is 5.69 Å². The molecule has 6 nitrogen and oxygen atoms in total. The van der Waals surface area contributed by atoms with Gasteiger partial charge in [0.25, 0.3) is 5.91 Å². The summed E-state index contributed by atoms with van der Waals surface area (Å²) in [6.45, 7) is 6.96. The predicted molar refractivity (Wildman–Crippen MR) is 103 cm³/mol. The van der Waals surface area contributed by atoms with Gasteiger partial charge in [-0.25, -0.2) is 9.48 Å². The zero-order valence-corrected chi connectivity index (χ0v) is 16.0. The van der Waals surface area contributed by atoms with Crippen LogP contribution in [-0.2, 0) is 14.3 Å². The SMILES string of the molecule is Cc1nn(-c2ccccc2)c(C)c1/C=C/C(=O)O[C@@H](C)C(=O)N1CCCC1. The fourth-order valence-electron chi connectivity index (χ4n) is 3.33. The first-order valence-electron chi connectivity index (χ1n) is 9.26. The zero-order valence-electron chi connectivity index (χ0n) is 16.0. The van der Waals surface area contributed by atoms with Crippen molar-refractivity contribution in [1.82, 2.24) is 14.7 Å². The molecule has 27 heavy (non-hydrogen) atoms. The second kappa shape index (κ2) is 8.20. The van der Waals surface area contributed by atoms with E-state index in [0.29, 0.717) is 0 Å². The Kier molecular flexibility index (Phi) is 5.74. The molecule has 0 radical (unpaired) electrons. The van der Waals surface area contributed by atoms with Gasteiger partial charge in [0.2, 0.25) is 0 Å². The molecule has 3 rings (SSSR count). The van der Waals surface area contributed by atoms with E-state index < -0.39 is 12.1 Å². The smallest absolute Gasteiger partial charge is 0.331 e. The van der Waals surface area contributed by atoms with Crippen LogP contribution >= 0.6 is 0 Å². The number of amides is 1. The van der Waals surface area contributed by atoms with Gasteiger partial charge in [-0.15, -0.1) is 0 Å². The Balaban J connectivity index is 1.68. The predicted octanol–water partition coefficient (Wildman–Crippen LogP) is 3.06. The standard InChI is InChI=1S/C21H25N3O3/c1-15-19(16(2)24(22-15)18-9-5-4-6-10-18)11-12-20(25)27-17(3)21(26)23-13-7-8-14-23/h4-6,9-12,17H,7-8,13-14H2,1-3H3/b12-11+/t17-/m0/s1. The average molecular weight is 367 g/mol. The van der Waals surface area contributed by atoms with Crippen molar-refractivity contribution in [2.45, 2.75) is 39.7 Å². The number of para-hydroxylation sites is 1. The number of rotatable bonds is 5. The lowest BCUT2D eigenvalue weighted by molar-refractivity contribution is -0.154. The van der Waals surface area contributed by atoms with Crippen LogP contribution in [0.15, 0.2) is 36.4 Å². The summed E-state index contributed by atoms with van der Waals surface area (Å²) in [5, 5.41) is 4.55. The molecule has 2 heterocycles. The Morgan fingerprint density at radius 3 is 2.48 bits per heavy atom. The van der Waals surface area contributed by atoms with Crippen LogP contribution in [0.2, 0.25) is 0 Å². The number of carbonyl (C=O) groups excluding carboxylic acids is 2. The Labute approximate surface area is 159 Å². The quantitative estimate of drug-likeness (QED) is 0.602. The molecule has 0 unspecified atom stereocenters. The number of esters is 1. The first kappa shape index (κ1) is 18.9. The molecule has 6 heteroatoms. The monoisotopic (exact) mass is 367 g/mol. The third-order valence-electron chi connectivity index (χ3n) is 4.79. The number of nitrogens with zero attached hydrogens (tertiary/aromatic N) is 3. The number of benzene rings is 1. The van der Waals surface area contributed by atoms with E-state index in [4.69, 9.17) is 4.74 Å².